The average molecular weight is 385 g/mol. The molecule has 0 aromatic heterocycles. The van der Waals surface area contributed by atoms with Crippen LogP contribution >= 0.6 is 0 Å². The Morgan fingerprint density at radius 3 is 2.68 bits per heavy atom. The lowest BCUT2D eigenvalue weighted by Crippen LogP contribution is -2.27. The van der Waals surface area contributed by atoms with Crippen molar-refractivity contribution in [3.8, 4) is 17.2 Å². The van der Waals surface area contributed by atoms with Crippen molar-refractivity contribution >= 4 is 12.0 Å². The van der Waals surface area contributed by atoms with Gasteiger partial charge in [-0.2, -0.15) is 0 Å². The second-order valence-corrected chi connectivity index (χ2v) is 6.58. The van der Waals surface area contributed by atoms with E-state index in [2.05, 4.69) is 0 Å². The summed E-state index contributed by atoms with van der Waals surface area (Å²) in [5.74, 6) is 1.26. The van der Waals surface area contributed by atoms with Crippen LogP contribution in [0.25, 0.3) is 6.08 Å². The summed E-state index contributed by atoms with van der Waals surface area (Å²) in [6, 6.07) is 6.44. The molecule has 0 radical (unpaired) electrons. The molecule has 7 heteroatoms. The van der Waals surface area contributed by atoms with E-state index in [0.717, 1.165) is 11.1 Å². The first-order chi connectivity index (χ1) is 13.6. The molecule has 0 aliphatic carbocycles. The van der Waals surface area contributed by atoms with Crippen molar-refractivity contribution in [1.82, 2.24) is 4.90 Å². The molecule has 0 atom stereocenters. The molecule has 2 aromatic rings. The maximum absolute atomic E-state index is 14.0. The molecular weight excluding hydrogens is 365 g/mol. The zero-order chi connectivity index (χ0) is 19.7. The van der Waals surface area contributed by atoms with Gasteiger partial charge in [-0.15, -0.1) is 0 Å². The highest BCUT2D eigenvalue weighted by atomic mass is 19.1. The molecule has 0 unspecified atom stereocenters. The van der Waals surface area contributed by atoms with Crippen molar-refractivity contribution in [3.05, 3.63) is 58.5 Å². The predicted molar refractivity (Wildman–Crippen MR) is 99.5 cm³/mol. The molecule has 2 aliphatic heterocycles. The smallest absolute Gasteiger partial charge is 0.231 e. The quantitative estimate of drug-likeness (QED) is 0.809. The molecule has 0 N–H and O–H groups in total. The number of fused-ring (bicyclic) bond motifs is 2. The van der Waals surface area contributed by atoms with Gasteiger partial charge in [0.15, 0.2) is 18.3 Å². The molecule has 0 bridgehead atoms. The molecule has 1 amide bonds. The summed E-state index contributed by atoms with van der Waals surface area (Å²) < 4.78 is 35.5. The van der Waals surface area contributed by atoms with Crippen molar-refractivity contribution in [3.63, 3.8) is 0 Å². The van der Waals surface area contributed by atoms with Gasteiger partial charge in [-0.3, -0.25) is 4.79 Å². The summed E-state index contributed by atoms with van der Waals surface area (Å²) in [5.41, 5.74) is 2.97. The summed E-state index contributed by atoms with van der Waals surface area (Å²) >= 11 is 0. The molecule has 2 aromatic carbocycles. The van der Waals surface area contributed by atoms with Crippen LogP contribution in [0.4, 0.5) is 4.39 Å². The third kappa shape index (κ3) is 3.41. The Hall–Kier alpha value is -3.06. The number of amides is 1. The first kappa shape index (κ1) is 18.3. The number of halogens is 1. The van der Waals surface area contributed by atoms with Gasteiger partial charge in [-0.05, 0) is 41.5 Å². The fraction of sp³-hybridized carbons (Fsp3) is 0.286. The Bertz CT molecular complexity index is 956. The van der Waals surface area contributed by atoms with Gasteiger partial charge >= 0.3 is 0 Å². The summed E-state index contributed by atoms with van der Waals surface area (Å²) in [6.45, 7) is 0.604. The fourth-order valence-corrected chi connectivity index (χ4v) is 3.46. The van der Waals surface area contributed by atoms with Crippen molar-refractivity contribution in [1.29, 1.82) is 0 Å². The Kier molecular flexibility index (Phi) is 4.92. The standard InChI is InChI=1S/C21H20FNO5/c1-25-18-7-13-3-4-23(20(24)9-14(13)8-19(18)26-2)10-15-5-17(22)6-16-11-27-12-28-21(15)16/h3-8H,9-12H2,1-2H3. The number of nitrogens with zero attached hydrogens (tertiary/aromatic N) is 1. The lowest BCUT2D eigenvalue weighted by molar-refractivity contribution is -0.128. The largest absolute Gasteiger partial charge is 0.493 e. The van der Waals surface area contributed by atoms with Crippen LogP contribution < -0.4 is 14.2 Å². The maximum Gasteiger partial charge on any atom is 0.231 e. The van der Waals surface area contributed by atoms with Crippen LogP contribution in [-0.4, -0.2) is 31.8 Å². The molecule has 28 heavy (non-hydrogen) atoms. The summed E-state index contributed by atoms with van der Waals surface area (Å²) in [7, 11) is 3.13. The Morgan fingerprint density at radius 1 is 1.11 bits per heavy atom. The van der Waals surface area contributed by atoms with Crippen molar-refractivity contribution in [2.24, 2.45) is 0 Å². The number of hydrogen-bond acceptors (Lipinski definition) is 5. The van der Waals surface area contributed by atoms with E-state index in [1.165, 1.54) is 12.1 Å². The SMILES string of the molecule is COc1cc2c(cc1OC)CC(=O)N(Cc1cc(F)cc3c1OCOC3)C=C2. The van der Waals surface area contributed by atoms with Gasteiger partial charge in [0.05, 0.1) is 33.8 Å². The van der Waals surface area contributed by atoms with Crippen LogP contribution in [0.2, 0.25) is 0 Å². The molecule has 4 rings (SSSR count). The van der Waals surface area contributed by atoms with Gasteiger partial charge in [0, 0.05) is 17.3 Å². The minimum atomic E-state index is -0.383. The third-order valence-corrected chi connectivity index (χ3v) is 4.83. The average Bonchev–Trinajstić information content (AvgIpc) is 2.85. The van der Waals surface area contributed by atoms with Crippen LogP contribution in [0.1, 0.15) is 22.3 Å². The van der Waals surface area contributed by atoms with Gasteiger partial charge in [0.2, 0.25) is 5.91 Å². The van der Waals surface area contributed by atoms with Gasteiger partial charge in [-0.25, -0.2) is 4.39 Å². The van der Waals surface area contributed by atoms with Crippen molar-refractivity contribution in [2.75, 3.05) is 21.0 Å². The lowest BCUT2D eigenvalue weighted by Gasteiger charge is -2.24. The maximum atomic E-state index is 14.0. The normalized spacial score (nSPS) is 15.4. The number of methoxy groups -OCH3 is 2. The lowest BCUT2D eigenvalue weighted by atomic mass is 10.0. The second kappa shape index (κ2) is 7.52. The van der Waals surface area contributed by atoms with Crippen LogP contribution in [-0.2, 0) is 29.1 Å². The highest BCUT2D eigenvalue weighted by Crippen LogP contribution is 2.34. The van der Waals surface area contributed by atoms with Gasteiger partial charge < -0.3 is 23.8 Å². The summed E-state index contributed by atoms with van der Waals surface area (Å²) in [4.78, 5) is 14.4. The van der Waals surface area contributed by atoms with E-state index in [1.807, 2.05) is 18.2 Å². The van der Waals surface area contributed by atoms with Crippen molar-refractivity contribution < 1.29 is 28.1 Å². The van der Waals surface area contributed by atoms with Crippen molar-refractivity contribution in [2.45, 2.75) is 19.6 Å². The Labute approximate surface area is 162 Å². The van der Waals surface area contributed by atoms with E-state index >= 15 is 0 Å². The first-order valence-corrected chi connectivity index (χ1v) is 8.83. The minimum Gasteiger partial charge on any atom is -0.493 e. The number of ether oxygens (including phenoxy) is 4. The van der Waals surface area contributed by atoms with Crippen LogP contribution in [0.15, 0.2) is 30.5 Å². The summed E-state index contributed by atoms with van der Waals surface area (Å²) in [5, 5.41) is 0. The molecule has 0 saturated carbocycles. The number of hydrogen-bond donors (Lipinski definition) is 0. The van der Waals surface area contributed by atoms with E-state index in [4.69, 9.17) is 18.9 Å². The molecule has 0 fully saturated rings. The number of rotatable bonds is 4. The highest BCUT2D eigenvalue weighted by Gasteiger charge is 2.23. The van der Waals surface area contributed by atoms with E-state index < -0.39 is 0 Å². The second-order valence-electron chi connectivity index (χ2n) is 6.58. The number of carbonyl (C=O) groups excluding carboxylic acids is 1. The fourth-order valence-electron chi connectivity index (χ4n) is 3.46. The number of benzene rings is 2. The molecule has 0 spiro atoms. The Morgan fingerprint density at radius 2 is 1.89 bits per heavy atom. The molecule has 2 aliphatic rings. The Balaban J connectivity index is 1.64. The highest BCUT2D eigenvalue weighted by molar-refractivity contribution is 5.84. The molecule has 146 valence electrons. The molecule has 2 heterocycles. The third-order valence-electron chi connectivity index (χ3n) is 4.83. The molecular formula is C21H20FNO5. The summed E-state index contributed by atoms with van der Waals surface area (Å²) in [6.07, 6.45) is 3.75. The minimum absolute atomic E-state index is 0.104. The van der Waals surface area contributed by atoms with E-state index in [1.54, 1.807) is 25.3 Å². The van der Waals surface area contributed by atoms with Crippen LogP contribution in [0.3, 0.4) is 0 Å². The zero-order valence-corrected chi connectivity index (χ0v) is 15.7. The van der Waals surface area contributed by atoms with Crippen LogP contribution in [0, 0.1) is 5.82 Å². The molecule has 0 saturated heterocycles. The monoisotopic (exact) mass is 385 g/mol. The zero-order valence-electron chi connectivity index (χ0n) is 15.7. The van der Waals surface area contributed by atoms with Gasteiger partial charge in [0.25, 0.3) is 0 Å². The topological polar surface area (TPSA) is 57.2 Å². The van der Waals surface area contributed by atoms with E-state index in [9.17, 15) is 9.18 Å². The predicted octanol–water partition coefficient (Wildman–Crippen LogP) is 3.27. The van der Waals surface area contributed by atoms with Crippen LogP contribution in [0.5, 0.6) is 17.2 Å². The van der Waals surface area contributed by atoms with Gasteiger partial charge in [0.1, 0.15) is 11.6 Å². The first-order valence-electron chi connectivity index (χ1n) is 8.83. The van der Waals surface area contributed by atoms with Gasteiger partial charge in [-0.1, -0.05) is 0 Å². The van der Waals surface area contributed by atoms with E-state index in [0.29, 0.717) is 28.4 Å². The number of carbonyl (C=O) groups is 1. The molecule has 6 nitrogen and oxygen atoms in total. The van der Waals surface area contributed by atoms with E-state index in [-0.39, 0.29) is 38.1 Å².